The van der Waals surface area contributed by atoms with E-state index in [0.29, 0.717) is 12.8 Å². The van der Waals surface area contributed by atoms with Crippen LogP contribution in [0, 0.1) is 12.8 Å². The quantitative estimate of drug-likeness (QED) is 0.893. The fourth-order valence-corrected chi connectivity index (χ4v) is 2.06. The van der Waals surface area contributed by atoms with E-state index in [1.807, 2.05) is 43.3 Å². The molecule has 1 heterocycles. The van der Waals surface area contributed by atoms with E-state index in [2.05, 4.69) is 4.98 Å². The van der Waals surface area contributed by atoms with Crippen LogP contribution in [0.25, 0.3) is 0 Å². The van der Waals surface area contributed by atoms with Gasteiger partial charge in [0.15, 0.2) is 0 Å². The van der Waals surface area contributed by atoms with Gasteiger partial charge in [0, 0.05) is 12.4 Å². The second-order valence-corrected chi connectivity index (χ2v) is 4.78. The van der Waals surface area contributed by atoms with Crippen molar-refractivity contribution in [3.63, 3.8) is 0 Å². The van der Waals surface area contributed by atoms with Gasteiger partial charge in [-0.3, -0.25) is 9.78 Å². The molecule has 1 atom stereocenters. The van der Waals surface area contributed by atoms with Gasteiger partial charge in [-0.05, 0) is 43.0 Å². The van der Waals surface area contributed by atoms with Gasteiger partial charge in [-0.2, -0.15) is 0 Å². The zero-order chi connectivity index (χ0) is 13.7. The summed E-state index contributed by atoms with van der Waals surface area (Å²) in [5, 5.41) is 9.33. The Kier molecular flexibility index (Phi) is 4.29. The number of hydrogen-bond donors (Lipinski definition) is 1. The molecule has 0 radical (unpaired) electrons. The van der Waals surface area contributed by atoms with Gasteiger partial charge in [0.2, 0.25) is 0 Å². The lowest BCUT2D eigenvalue weighted by Gasteiger charge is -2.12. The van der Waals surface area contributed by atoms with E-state index >= 15 is 0 Å². The second-order valence-electron chi connectivity index (χ2n) is 4.78. The Bertz CT molecular complexity index is 534. The van der Waals surface area contributed by atoms with Crippen molar-refractivity contribution in [2.45, 2.75) is 19.8 Å². The maximum atomic E-state index is 11.4. The van der Waals surface area contributed by atoms with Gasteiger partial charge < -0.3 is 5.11 Å². The molecule has 3 nitrogen and oxygen atoms in total. The predicted octanol–water partition coefficient (Wildman–Crippen LogP) is 2.88. The van der Waals surface area contributed by atoms with Crippen molar-refractivity contribution in [2.75, 3.05) is 0 Å². The highest BCUT2D eigenvalue weighted by Gasteiger charge is 2.18. The third-order valence-corrected chi connectivity index (χ3v) is 3.18. The number of pyridine rings is 1. The standard InChI is InChI=1S/C16H17NO2/c1-12-2-4-13(5-3-12)10-15(16(18)19)11-14-6-8-17-9-7-14/h2-9,15H,10-11H2,1H3,(H,18,19). The van der Waals surface area contributed by atoms with Crippen LogP contribution < -0.4 is 0 Å². The lowest BCUT2D eigenvalue weighted by molar-refractivity contribution is -0.141. The monoisotopic (exact) mass is 255 g/mol. The first-order valence-electron chi connectivity index (χ1n) is 6.32. The molecule has 2 rings (SSSR count). The molecule has 0 aliphatic carbocycles. The van der Waals surface area contributed by atoms with E-state index in [4.69, 9.17) is 0 Å². The van der Waals surface area contributed by atoms with Crippen LogP contribution in [0.2, 0.25) is 0 Å². The molecular weight excluding hydrogens is 238 g/mol. The number of benzene rings is 1. The maximum Gasteiger partial charge on any atom is 0.307 e. The number of aliphatic carboxylic acids is 1. The molecule has 0 saturated heterocycles. The largest absolute Gasteiger partial charge is 0.481 e. The summed E-state index contributed by atoms with van der Waals surface area (Å²) in [5.41, 5.74) is 3.26. The molecule has 3 heteroatoms. The van der Waals surface area contributed by atoms with Crippen LogP contribution in [0.3, 0.4) is 0 Å². The first kappa shape index (κ1) is 13.3. The zero-order valence-electron chi connectivity index (χ0n) is 10.9. The van der Waals surface area contributed by atoms with Crippen molar-refractivity contribution in [2.24, 2.45) is 5.92 Å². The minimum Gasteiger partial charge on any atom is -0.481 e. The molecule has 1 aromatic heterocycles. The van der Waals surface area contributed by atoms with E-state index in [1.165, 1.54) is 5.56 Å². The van der Waals surface area contributed by atoms with Crippen molar-refractivity contribution in [3.05, 3.63) is 65.5 Å². The van der Waals surface area contributed by atoms with E-state index in [9.17, 15) is 9.90 Å². The SMILES string of the molecule is Cc1ccc(CC(Cc2ccncc2)C(=O)O)cc1. The third kappa shape index (κ3) is 3.91. The number of rotatable bonds is 5. The van der Waals surface area contributed by atoms with Crippen molar-refractivity contribution < 1.29 is 9.90 Å². The molecule has 1 unspecified atom stereocenters. The molecule has 0 saturated carbocycles. The van der Waals surface area contributed by atoms with E-state index in [-0.39, 0.29) is 0 Å². The first-order chi connectivity index (χ1) is 9.15. The Labute approximate surface area is 112 Å². The number of carbonyl (C=O) groups is 1. The first-order valence-corrected chi connectivity index (χ1v) is 6.32. The summed E-state index contributed by atoms with van der Waals surface area (Å²) in [6, 6.07) is 11.8. The van der Waals surface area contributed by atoms with Crippen LogP contribution in [0.15, 0.2) is 48.8 Å². The Hall–Kier alpha value is -2.16. The molecule has 19 heavy (non-hydrogen) atoms. The van der Waals surface area contributed by atoms with Gasteiger partial charge in [-0.1, -0.05) is 29.8 Å². The van der Waals surface area contributed by atoms with Crippen molar-refractivity contribution >= 4 is 5.97 Å². The summed E-state index contributed by atoms with van der Waals surface area (Å²) in [6.45, 7) is 2.02. The molecule has 0 aliphatic heterocycles. The highest BCUT2D eigenvalue weighted by molar-refractivity contribution is 5.70. The van der Waals surface area contributed by atoms with Crippen LogP contribution in [0.5, 0.6) is 0 Å². The van der Waals surface area contributed by atoms with Gasteiger partial charge >= 0.3 is 5.97 Å². The Morgan fingerprint density at radius 3 is 2.11 bits per heavy atom. The molecule has 98 valence electrons. The number of nitrogens with zero attached hydrogens (tertiary/aromatic N) is 1. The Balaban J connectivity index is 2.08. The second kappa shape index (κ2) is 6.14. The molecule has 0 spiro atoms. The average Bonchev–Trinajstić information content (AvgIpc) is 2.41. The average molecular weight is 255 g/mol. The summed E-state index contributed by atoms with van der Waals surface area (Å²) in [4.78, 5) is 15.3. The molecule has 0 fully saturated rings. The van der Waals surface area contributed by atoms with Crippen LogP contribution in [0.1, 0.15) is 16.7 Å². The summed E-state index contributed by atoms with van der Waals surface area (Å²) in [6.07, 6.45) is 4.48. The lowest BCUT2D eigenvalue weighted by Crippen LogP contribution is -2.19. The van der Waals surface area contributed by atoms with Crippen LogP contribution in [0.4, 0.5) is 0 Å². The van der Waals surface area contributed by atoms with Crippen molar-refractivity contribution in [3.8, 4) is 0 Å². The van der Waals surface area contributed by atoms with Gasteiger partial charge in [-0.25, -0.2) is 0 Å². The molecule has 2 aromatic rings. The van der Waals surface area contributed by atoms with Crippen LogP contribution in [-0.2, 0) is 17.6 Å². The van der Waals surface area contributed by atoms with Crippen LogP contribution >= 0.6 is 0 Å². The summed E-state index contributed by atoms with van der Waals surface area (Å²) >= 11 is 0. The fraction of sp³-hybridized carbons (Fsp3) is 0.250. The maximum absolute atomic E-state index is 11.4. The Morgan fingerprint density at radius 1 is 1.05 bits per heavy atom. The third-order valence-electron chi connectivity index (χ3n) is 3.18. The van der Waals surface area contributed by atoms with Gasteiger partial charge in [0.1, 0.15) is 0 Å². The lowest BCUT2D eigenvalue weighted by atomic mass is 9.93. The predicted molar refractivity (Wildman–Crippen MR) is 73.9 cm³/mol. The summed E-state index contributed by atoms with van der Waals surface area (Å²) in [5.74, 6) is -1.15. The van der Waals surface area contributed by atoms with Crippen molar-refractivity contribution in [1.82, 2.24) is 4.98 Å². The molecule has 0 amide bonds. The summed E-state index contributed by atoms with van der Waals surface area (Å²) in [7, 11) is 0. The number of carboxylic acid groups (broad SMARTS) is 1. The topological polar surface area (TPSA) is 50.2 Å². The molecular formula is C16H17NO2. The molecule has 1 N–H and O–H groups in total. The summed E-state index contributed by atoms with van der Waals surface area (Å²) < 4.78 is 0. The van der Waals surface area contributed by atoms with E-state index in [0.717, 1.165) is 11.1 Å². The molecule has 1 aromatic carbocycles. The zero-order valence-corrected chi connectivity index (χ0v) is 10.9. The Morgan fingerprint density at radius 2 is 1.58 bits per heavy atom. The fourth-order valence-electron chi connectivity index (χ4n) is 2.06. The smallest absolute Gasteiger partial charge is 0.307 e. The minimum atomic E-state index is -0.752. The highest BCUT2D eigenvalue weighted by atomic mass is 16.4. The van der Waals surface area contributed by atoms with Gasteiger partial charge in [0.25, 0.3) is 0 Å². The van der Waals surface area contributed by atoms with Crippen molar-refractivity contribution in [1.29, 1.82) is 0 Å². The number of carboxylic acids is 1. The minimum absolute atomic E-state index is 0.398. The molecule has 0 aliphatic rings. The number of aromatic nitrogens is 1. The van der Waals surface area contributed by atoms with E-state index < -0.39 is 11.9 Å². The van der Waals surface area contributed by atoms with Crippen LogP contribution in [-0.4, -0.2) is 16.1 Å². The number of aryl methyl sites for hydroxylation is 1. The highest BCUT2D eigenvalue weighted by Crippen LogP contribution is 2.15. The normalized spacial score (nSPS) is 12.1. The van der Waals surface area contributed by atoms with E-state index in [1.54, 1.807) is 12.4 Å². The van der Waals surface area contributed by atoms with Gasteiger partial charge in [0.05, 0.1) is 5.92 Å². The molecule has 0 bridgehead atoms. The number of hydrogen-bond acceptors (Lipinski definition) is 2. The van der Waals surface area contributed by atoms with Gasteiger partial charge in [-0.15, -0.1) is 0 Å².